The summed E-state index contributed by atoms with van der Waals surface area (Å²) < 4.78 is 5.20. The standard InChI is InChI=1S/C11H22N2O2/c1-9(12)10(14)13-6-4-11(2,5-7-13)8-15-3/h9H,4-8,12H2,1-3H3/t9-/m1/s1. The summed E-state index contributed by atoms with van der Waals surface area (Å²) in [6, 6.07) is -0.378. The molecule has 0 aliphatic carbocycles. The van der Waals surface area contributed by atoms with Crippen LogP contribution in [0.3, 0.4) is 0 Å². The van der Waals surface area contributed by atoms with E-state index >= 15 is 0 Å². The summed E-state index contributed by atoms with van der Waals surface area (Å²) in [6.07, 6.45) is 2.00. The molecule has 0 unspecified atom stereocenters. The maximum Gasteiger partial charge on any atom is 0.239 e. The number of amides is 1. The number of nitrogens with two attached hydrogens (primary N) is 1. The Balaban J connectivity index is 2.45. The molecule has 88 valence electrons. The molecule has 1 aliphatic rings. The van der Waals surface area contributed by atoms with Gasteiger partial charge in [-0.25, -0.2) is 0 Å². The van der Waals surface area contributed by atoms with Crippen LogP contribution in [0.15, 0.2) is 0 Å². The van der Waals surface area contributed by atoms with E-state index in [2.05, 4.69) is 6.92 Å². The summed E-state index contributed by atoms with van der Waals surface area (Å²) in [7, 11) is 1.73. The predicted octanol–water partition coefficient (Wildman–Crippen LogP) is 0.609. The van der Waals surface area contributed by atoms with Crippen molar-refractivity contribution in [1.29, 1.82) is 0 Å². The molecule has 0 saturated carbocycles. The molecular formula is C11H22N2O2. The fraction of sp³-hybridized carbons (Fsp3) is 0.909. The van der Waals surface area contributed by atoms with Crippen molar-refractivity contribution in [2.75, 3.05) is 26.8 Å². The van der Waals surface area contributed by atoms with Crippen LogP contribution in [0.4, 0.5) is 0 Å². The van der Waals surface area contributed by atoms with Crippen LogP contribution in [0.1, 0.15) is 26.7 Å². The van der Waals surface area contributed by atoms with Crippen LogP contribution in [0.25, 0.3) is 0 Å². The molecule has 0 aromatic carbocycles. The maximum absolute atomic E-state index is 11.6. The number of ether oxygens (including phenoxy) is 1. The topological polar surface area (TPSA) is 55.6 Å². The Kier molecular flexibility index (Phi) is 4.11. The third-order valence-electron chi connectivity index (χ3n) is 3.16. The average molecular weight is 214 g/mol. The lowest BCUT2D eigenvalue weighted by atomic mass is 9.81. The van der Waals surface area contributed by atoms with E-state index in [1.54, 1.807) is 14.0 Å². The van der Waals surface area contributed by atoms with E-state index in [4.69, 9.17) is 10.5 Å². The largest absolute Gasteiger partial charge is 0.384 e. The van der Waals surface area contributed by atoms with Gasteiger partial charge < -0.3 is 15.4 Å². The van der Waals surface area contributed by atoms with Gasteiger partial charge in [0.25, 0.3) is 0 Å². The smallest absolute Gasteiger partial charge is 0.239 e. The van der Waals surface area contributed by atoms with Crippen LogP contribution in [0.5, 0.6) is 0 Å². The van der Waals surface area contributed by atoms with Gasteiger partial charge in [-0.15, -0.1) is 0 Å². The van der Waals surface area contributed by atoms with E-state index in [-0.39, 0.29) is 17.4 Å². The molecule has 0 aromatic rings. The van der Waals surface area contributed by atoms with Crippen LogP contribution in [0, 0.1) is 5.41 Å². The SMILES string of the molecule is COCC1(C)CCN(C(=O)[C@@H](C)N)CC1. The highest BCUT2D eigenvalue weighted by atomic mass is 16.5. The Morgan fingerprint density at radius 1 is 1.53 bits per heavy atom. The molecule has 1 amide bonds. The van der Waals surface area contributed by atoms with Crippen molar-refractivity contribution in [3.8, 4) is 0 Å². The minimum Gasteiger partial charge on any atom is -0.384 e. The third-order valence-corrected chi connectivity index (χ3v) is 3.16. The number of hydrogen-bond donors (Lipinski definition) is 1. The summed E-state index contributed by atoms with van der Waals surface area (Å²) in [5.41, 5.74) is 5.80. The minimum atomic E-state index is -0.378. The fourth-order valence-corrected chi connectivity index (χ4v) is 2.05. The molecule has 4 nitrogen and oxygen atoms in total. The average Bonchev–Trinajstić information content (AvgIpc) is 2.18. The van der Waals surface area contributed by atoms with Gasteiger partial charge in [-0.1, -0.05) is 6.92 Å². The number of piperidine rings is 1. The number of rotatable bonds is 3. The van der Waals surface area contributed by atoms with Crippen molar-refractivity contribution >= 4 is 5.91 Å². The summed E-state index contributed by atoms with van der Waals surface area (Å²) in [4.78, 5) is 13.5. The quantitative estimate of drug-likeness (QED) is 0.749. The Morgan fingerprint density at radius 3 is 2.47 bits per heavy atom. The van der Waals surface area contributed by atoms with Crippen molar-refractivity contribution in [2.45, 2.75) is 32.7 Å². The van der Waals surface area contributed by atoms with Gasteiger partial charge in [0.1, 0.15) is 0 Å². The number of carbonyl (C=O) groups excluding carboxylic acids is 1. The fourth-order valence-electron chi connectivity index (χ4n) is 2.05. The molecule has 0 spiro atoms. The normalized spacial score (nSPS) is 22.5. The molecule has 1 atom stereocenters. The number of methoxy groups -OCH3 is 1. The molecule has 1 rings (SSSR count). The lowest BCUT2D eigenvalue weighted by Crippen LogP contribution is -2.48. The zero-order valence-corrected chi connectivity index (χ0v) is 9.95. The first-order valence-electron chi connectivity index (χ1n) is 5.52. The van der Waals surface area contributed by atoms with Gasteiger partial charge in [0, 0.05) is 20.2 Å². The summed E-state index contributed by atoms with van der Waals surface area (Å²) in [5.74, 6) is 0.0643. The van der Waals surface area contributed by atoms with Crippen LogP contribution >= 0.6 is 0 Å². The van der Waals surface area contributed by atoms with Crippen LogP contribution in [-0.4, -0.2) is 43.7 Å². The zero-order valence-electron chi connectivity index (χ0n) is 9.95. The van der Waals surface area contributed by atoms with Crippen LogP contribution < -0.4 is 5.73 Å². The predicted molar refractivity (Wildman–Crippen MR) is 59.4 cm³/mol. The minimum absolute atomic E-state index is 0.0643. The molecule has 0 radical (unpaired) electrons. The molecular weight excluding hydrogens is 192 g/mol. The monoisotopic (exact) mass is 214 g/mol. The van der Waals surface area contributed by atoms with Gasteiger partial charge in [0.2, 0.25) is 5.91 Å². The van der Waals surface area contributed by atoms with Gasteiger partial charge in [-0.05, 0) is 25.2 Å². The van der Waals surface area contributed by atoms with Gasteiger partial charge in [-0.2, -0.15) is 0 Å². The van der Waals surface area contributed by atoms with E-state index < -0.39 is 0 Å². The third kappa shape index (κ3) is 3.18. The first kappa shape index (κ1) is 12.5. The second kappa shape index (κ2) is 4.94. The number of carbonyl (C=O) groups is 1. The molecule has 1 heterocycles. The highest BCUT2D eigenvalue weighted by Crippen LogP contribution is 2.30. The first-order chi connectivity index (χ1) is 6.98. The molecule has 1 saturated heterocycles. The van der Waals surface area contributed by atoms with Crippen molar-refractivity contribution in [3.05, 3.63) is 0 Å². The molecule has 1 aliphatic heterocycles. The van der Waals surface area contributed by atoms with E-state index in [0.717, 1.165) is 32.5 Å². The number of nitrogens with zero attached hydrogens (tertiary/aromatic N) is 1. The zero-order chi connectivity index (χ0) is 11.5. The lowest BCUT2D eigenvalue weighted by Gasteiger charge is -2.39. The Morgan fingerprint density at radius 2 is 2.07 bits per heavy atom. The van der Waals surface area contributed by atoms with E-state index in [9.17, 15) is 4.79 Å². The number of likely N-dealkylation sites (tertiary alicyclic amines) is 1. The van der Waals surface area contributed by atoms with E-state index in [0.29, 0.717) is 0 Å². The highest BCUT2D eigenvalue weighted by Gasteiger charge is 2.32. The summed E-state index contributed by atoms with van der Waals surface area (Å²) in [5, 5.41) is 0. The van der Waals surface area contributed by atoms with Crippen LogP contribution in [0.2, 0.25) is 0 Å². The second-order valence-electron chi connectivity index (χ2n) is 4.86. The van der Waals surface area contributed by atoms with E-state index in [1.807, 2.05) is 4.90 Å². The van der Waals surface area contributed by atoms with Gasteiger partial charge in [0.15, 0.2) is 0 Å². The van der Waals surface area contributed by atoms with Gasteiger partial charge >= 0.3 is 0 Å². The maximum atomic E-state index is 11.6. The Hall–Kier alpha value is -0.610. The molecule has 0 aromatic heterocycles. The van der Waals surface area contributed by atoms with Gasteiger partial charge in [-0.3, -0.25) is 4.79 Å². The first-order valence-corrected chi connectivity index (χ1v) is 5.52. The summed E-state index contributed by atoms with van der Waals surface area (Å²) in [6.45, 7) is 6.34. The molecule has 0 bridgehead atoms. The number of hydrogen-bond acceptors (Lipinski definition) is 3. The van der Waals surface area contributed by atoms with Crippen molar-refractivity contribution < 1.29 is 9.53 Å². The van der Waals surface area contributed by atoms with Crippen molar-refractivity contribution in [3.63, 3.8) is 0 Å². The molecule has 15 heavy (non-hydrogen) atoms. The Labute approximate surface area is 91.8 Å². The Bertz CT molecular complexity index is 221. The second-order valence-corrected chi connectivity index (χ2v) is 4.86. The van der Waals surface area contributed by atoms with Gasteiger partial charge in [0.05, 0.1) is 12.6 Å². The lowest BCUT2D eigenvalue weighted by molar-refractivity contribution is -0.134. The van der Waals surface area contributed by atoms with Crippen LogP contribution in [-0.2, 0) is 9.53 Å². The molecule has 1 fully saturated rings. The van der Waals surface area contributed by atoms with Crippen molar-refractivity contribution in [2.24, 2.45) is 11.1 Å². The molecule has 2 N–H and O–H groups in total. The summed E-state index contributed by atoms with van der Waals surface area (Å²) >= 11 is 0. The highest BCUT2D eigenvalue weighted by molar-refractivity contribution is 5.81. The van der Waals surface area contributed by atoms with Crippen molar-refractivity contribution in [1.82, 2.24) is 4.90 Å². The van der Waals surface area contributed by atoms with E-state index in [1.165, 1.54) is 0 Å². The molecule has 4 heteroatoms.